The monoisotopic (exact) mass is 302 g/mol. The van der Waals surface area contributed by atoms with Gasteiger partial charge in [0, 0.05) is 0 Å². The van der Waals surface area contributed by atoms with Gasteiger partial charge >= 0.3 is 0 Å². The van der Waals surface area contributed by atoms with Crippen LogP contribution in [0.4, 0.5) is 5.69 Å². The van der Waals surface area contributed by atoms with E-state index in [1.807, 2.05) is 6.08 Å². The van der Waals surface area contributed by atoms with Gasteiger partial charge in [0.2, 0.25) is 10.0 Å². The zero-order valence-electron chi connectivity index (χ0n) is 10.2. The summed E-state index contributed by atoms with van der Waals surface area (Å²) in [5.74, 6) is 0. The average molecular weight is 303 g/mol. The first-order valence-electron chi connectivity index (χ1n) is 5.83. The van der Waals surface area contributed by atoms with E-state index in [1.165, 1.54) is 18.2 Å². The second-order valence-electron chi connectivity index (χ2n) is 4.27. The van der Waals surface area contributed by atoms with E-state index in [0.29, 0.717) is 17.3 Å². The first-order valence-corrected chi connectivity index (χ1v) is 7.76. The standard InChI is InChI=1S/C12H15ClN2O3S/c13-11-5-4-10(19(14,16)17)7-12(11)15-8-9-3-1-2-6-18-9/h2,4-7,9,15H,1,3,8H2,(H2,14,16,17). The summed E-state index contributed by atoms with van der Waals surface area (Å²) >= 11 is 6.01. The first-order chi connectivity index (χ1) is 8.97. The second-order valence-corrected chi connectivity index (χ2v) is 6.24. The van der Waals surface area contributed by atoms with Gasteiger partial charge in [-0.3, -0.25) is 0 Å². The van der Waals surface area contributed by atoms with Crippen molar-refractivity contribution in [2.75, 3.05) is 11.9 Å². The number of nitrogens with two attached hydrogens (primary N) is 1. The Balaban J connectivity index is 2.09. The Bertz CT molecular complexity index is 587. The van der Waals surface area contributed by atoms with Gasteiger partial charge < -0.3 is 10.1 Å². The molecule has 1 aliphatic rings. The van der Waals surface area contributed by atoms with Gasteiger partial charge in [0.05, 0.1) is 28.4 Å². The number of benzene rings is 1. The lowest BCUT2D eigenvalue weighted by atomic mass is 10.1. The molecule has 1 heterocycles. The number of primary sulfonamides is 1. The Morgan fingerprint density at radius 2 is 2.26 bits per heavy atom. The molecule has 1 aromatic rings. The van der Waals surface area contributed by atoms with E-state index in [0.717, 1.165) is 12.8 Å². The summed E-state index contributed by atoms with van der Waals surface area (Å²) in [5.41, 5.74) is 0.534. The number of nitrogens with one attached hydrogen (secondary N) is 1. The third-order valence-corrected chi connectivity index (χ3v) is 4.05. The van der Waals surface area contributed by atoms with Gasteiger partial charge in [0.25, 0.3) is 0 Å². The van der Waals surface area contributed by atoms with Crippen molar-refractivity contribution in [3.8, 4) is 0 Å². The molecule has 5 nitrogen and oxygen atoms in total. The van der Waals surface area contributed by atoms with Crippen molar-refractivity contribution in [1.29, 1.82) is 0 Å². The van der Waals surface area contributed by atoms with E-state index in [4.69, 9.17) is 21.5 Å². The largest absolute Gasteiger partial charge is 0.497 e. The van der Waals surface area contributed by atoms with Gasteiger partial charge in [-0.25, -0.2) is 13.6 Å². The molecule has 0 amide bonds. The molecular formula is C12H15ClN2O3S. The van der Waals surface area contributed by atoms with Crippen LogP contribution in [0.5, 0.6) is 0 Å². The van der Waals surface area contributed by atoms with Crippen molar-refractivity contribution in [3.05, 3.63) is 35.6 Å². The number of hydrogen-bond donors (Lipinski definition) is 2. The molecule has 0 fully saturated rings. The Morgan fingerprint density at radius 3 is 2.89 bits per heavy atom. The third-order valence-electron chi connectivity index (χ3n) is 2.81. The molecule has 1 unspecified atom stereocenters. The predicted octanol–water partition coefficient (Wildman–Crippen LogP) is 2.09. The Labute approximate surface area is 117 Å². The van der Waals surface area contributed by atoms with Crippen LogP contribution in [-0.2, 0) is 14.8 Å². The zero-order valence-corrected chi connectivity index (χ0v) is 11.7. The number of sulfonamides is 1. The second kappa shape index (κ2) is 5.81. The van der Waals surface area contributed by atoms with Crippen LogP contribution in [0.3, 0.4) is 0 Å². The van der Waals surface area contributed by atoms with Crippen molar-refractivity contribution in [1.82, 2.24) is 0 Å². The molecule has 1 aliphatic heterocycles. The fraction of sp³-hybridized carbons (Fsp3) is 0.333. The van der Waals surface area contributed by atoms with Gasteiger partial charge in [-0.2, -0.15) is 0 Å². The summed E-state index contributed by atoms with van der Waals surface area (Å²) in [7, 11) is -3.73. The Kier molecular flexibility index (Phi) is 4.34. The Morgan fingerprint density at radius 1 is 1.47 bits per heavy atom. The number of ether oxygens (including phenoxy) is 1. The summed E-state index contributed by atoms with van der Waals surface area (Å²) in [6, 6.07) is 4.31. The summed E-state index contributed by atoms with van der Waals surface area (Å²) in [5, 5.41) is 8.61. The molecule has 0 saturated heterocycles. The van der Waals surface area contributed by atoms with Crippen LogP contribution in [0.2, 0.25) is 5.02 Å². The predicted molar refractivity (Wildman–Crippen MR) is 74.6 cm³/mol. The molecule has 0 radical (unpaired) electrons. The van der Waals surface area contributed by atoms with Crippen LogP contribution < -0.4 is 10.5 Å². The van der Waals surface area contributed by atoms with E-state index in [1.54, 1.807) is 6.26 Å². The van der Waals surface area contributed by atoms with Crippen molar-refractivity contribution in [2.45, 2.75) is 23.8 Å². The normalized spacial score (nSPS) is 18.9. The fourth-order valence-electron chi connectivity index (χ4n) is 1.78. The molecule has 0 aliphatic carbocycles. The molecule has 1 aromatic carbocycles. The van der Waals surface area contributed by atoms with Crippen LogP contribution in [0.15, 0.2) is 35.4 Å². The number of hydrogen-bond acceptors (Lipinski definition) is 4. The number of rotatable bonds is 4. The van der Waals surface area contributed by atoms with Crippen LogP contribution in [0, 0.1) is 0 Å². The number of anilines is 1. The fourth-order valence-corrected chi connectivity index (χ4v) is 2.50. The van der Waals surface area contributed by atoms with Crippen LogP contribution in [-0.4, -0.2) is 21.1 Å². The van der Waals surface area contributed by atoms with E-state index in [2.05, 4.69) is 5.32 Å². The van der Waals surface area contributed by atoms with E-state index in [-0.39, 0.29) is 11.0 Å². The topological polar surface area (TPSA) is 81.4 Å². The van der Waals surface area contributed by atoms with Gasteiger partial charge in [0.1, 0.15) is 6.10 Å². The van der Waals surface area contributed by atoms with Gasteiger partial charge in [0.15, 0.2) is 0 Å². The lowest BCUT2D eigenvalue weighted by Gasteiger charge is -2.20. The quantitative estimate of drug-likeness (QED) is 0.892. The highest BCUT2D eigenvalue weighted by molar-refractivity contribution is 7.89. The highest BCUT2D eigenvalue weighted by Crippen LogP contribution is 2.25. The molecule has 104 valence electrons. The highest BCUT2D eigenvalue weighted by atomic mass is 35.5. The minimum absolute atomic E-state index is 0.0314. The van der Waals surface area contributed by atoms with Gasteiger partial charge in [-0.15, -0.1) is 0 Å². The van der Waals surface area contributed by atoms with Gasteiger partial charge in [-0.1, -0.05) is 11.6 Å². The molecular weight excluding hydrogens is 288 g/mol. The molecule has 7 heteroatoms. The molecule has 1 atom stereocenters. The molecule has 2 rings (SSSR count). The zero-order chi connectivity index (χ0) is 13.9. The van der Waals surface area contributed by atoms with Crippen molar-refractivity contribution in [2.24, 2.45) is 5.14 Å². The summed E-state index contributed by atoms with van der Waals surface area (Å²) in [6.07, 6.45) is 5.58. The van der Waals surface area contributed by atoms with Crippen molar-refractivity contribution in [3.63, 3.8) is 0 Å². The first kappa shape index (κ1) is 14.2. The van der Waals surface area contributed by atoms with Gasteiger partial charge in [-0.05, 0) is 37.1 Å². The minimum atomic E-state index is -3.73. The maximum atomic E-state index is 11.3. The van der Waals surface area contributed by atoms with Crippen LogP contribution in [0.25, 0.3) is 0 Å². The van der Waals surface area contributed by atoms with E-state index >= 15 is 0 Å². The van der Waals surface area contributed by atoms with E-state index < -0.39 is 10.0 Å². The molecule has 0 bridgehead atoms. The molecule has 0 aromatic heterocycles. The maximum absolute atomic E-state index is 11.3. The Hall–Kier alpha value is -1.24. The maximum Gasteiger partial charge on any atom is 0.238 e. The SMILES string of the molecule is NS(=O)(=O)c1ccc(Cl)c(NCC2CCC=CO2)c1. The molecule has 19 heavy (non-hydrogen) atoms. The van der Waals surface area contributed by atoms with Crippen LogP contribution >= 0.6 is 11.6 Å². The summed E-state index contributed by atoms with van der Waals surface area (Å²) in [6.45, 7) is 0.554. The van der Waals surface area contributed by atoms with Crippen molar-refractivity contribution >= 4 is 27.3 Å². The molecule has 0 spiro atoms. The molecule has 3 N–H and O–H groups in total. The summed E-state index contributed by atoms with van der Waals surface area (Å²) < 4.78 is 28.0. The number of halogens is 1. The summed E-state index contributed by atoms with van der Waals surface area (Å²) in [4.78, 5) is 0.0314. The van der Waals surface area contributed by atoms with Crippen molar-refractivity contribution < 1.29 is 13.2 Å². The molecule has 0 saturated carbocycles. The lowest BCUT2D eigenvalue weighted by Crippen LogP contribution is -2.23. The van der Waals surface area contributed by atoms with Crippen LogP contribution in [0.1, 0.15) is 12.8 Å². The van der Waals surface area contributed by atoms with E-state index in [9.17, 15) is 8.42 Å². The minimum Gasteiger partial charge on any atom is -0.497 e. The smallest absolute Gasteiger partial charge is 0.238 e. The highest BCUT2D eigenvalue weighted by Gasteiger charge is 2.14. The third kappa shape index (κ3) is 3.86. The average Bonchev–Trinajstić information content (AvgIpc) is 2.37. The number of allylic oxidation sites excluding steroid dienone is 1. The lowest BCUT2D eigenvalue weighted by molar-refractivity contribution is 0.135.